The van der Waals surface area contributed by atoms with Crippen molar-refractivity contribution in [3.63, 3.8) is 0 Å². The number of hydrogen-bond acceptors (Lipinski definition) is 2. The van der Waals surface area contributed by atoms with Crippen molar-refractivity contribution in [1.29, 1.82) is 0 Å². The Labute approximate surface area is 182 Å². The SMILES string of the molecule is O=C(CCc1ccccc1)NC1CCN(C(=O)CCc2cccc(Cl)c2Cl)CC1. The molecule has 1 heterocycles. The fourth-order valence-corrected chi connectivity index (χ4v) is 4.03. The number of aryl methyl sites for hydroxylation is 2. The molecule has 0 bridgehead atoms. The van der Waals surface area contributed by atoms with Crippen LogP contribution in [0.1, 0.15) is 36.8 Å². The number of amides is 2. The van der Waals surface area contributed by atoms with Crippen molar-refractivity contribution >= 4 is 35.0 Å². The second-order valence-corrected chi connectivity index (χ2v) is 8.21. The number of halogens is 2. The van der Waals surface area contributed by atoms with Gasteiger partial charge in [0.05, 0.1) is 10.0 Å². The molecule has 6 heteroatoms. The highest BCUT2D eigenvalue weighted by atomic mass is 35.5. The first kappa shape index (κ1) is 21.7. The summed E-state index contributed by atoms with van der Waals surface area (Å²) >= 11 is 12.2. The number of nitrogens with one attached hydrogen (secondary N) is 1. The molecule has 1 N–H and O–H groups in total. The van der Waals surface area contributed by atoms with Crippen LogP contribution >= 0.6 is 23.2 Å². The van der Waals surface area contributed by atoms with E-state index in [1.165, 1.54) is 5.56 Å². The Morgan fingerprint density at radius 1 is 0.931 bits per heavy atom. The zero-order valence-corrected chi connectivity index (χ0v) is 17.9. The molecule has 4 nitrogen and oxygen atoms in total. The van der Waals surface area contributed by atoms with Crippen LogP contribution in [0.15, 0.2) is 48.5 Å². The van der Waals surface area contributed by atoms with Crippen molar-refractivity contribution in [2.24, 2.45) is 0 Å². The summed E-state index contributed by atoms with van der Waals surface area (Å²) in [5, 5.41) is 4.15. The summed E-state index contributed by atoms with van der Waals surface area (Å²) in [4.78, 5) is 26.6. The largest absolute Gasteiger partial charge is 0.353 e. The Kier molecular flexibility index (Phi) is 7.96. The van der Waals surface area contributed by atoms with Crippen molar-refractivity contribution in [2.75, 3.05) is 13.1 Å². The van der Waals surface area contributed by atoms with Crippen LogP contribution in [0.2, 0.25) is 10.0 Å². The van der Waals surface area contributed by atoms with E-state index >= 15 is 0 Å². The van der Waals surface area contributed by atoms with E-state index in [4.69, 9.17) is 23.2 Å². The molecule has 0 atom stereocenters. The molecular formula is C23H26Cl2N2O2. The van der Waals surface area contributed by atoms with Gasteiger partial charge in [-0.15, -0.1) is 0 Å². The molecule has 0 aliphatic carbocycles. The van der Waals surface area contributed by atoms with Crippen LogP contribution in [0.25, 0.3) is 0 Å². The fourth-order valence-electron chi connectivity index (χ4n) is 3.62. The predicted molar refractivity (Wildman–Crippen MR) is 117 cm³/mol. The highest BCUT2D eigenvalue weighted by molar-refractivity contribution is 6.42. The van der Waals surface area contributed by atoms with Gasteiger partial charge in [-0.1, -0.05) is 65.7 Å². The van der Waals surface area contributed by atoms with Crippen molar-refractivity contribution in [2.45, 2.75) is 44.6 Å². The van der Waals surface area contributed by atoms with Crippen molar-refractivity contribution in [3.05, 3.63) is 69.7 Å². The standard InChI is InChI=1S/C23H26Cl2N2O2/c24-20-8-4-7-18(23(20)25)10-12-22(29)27-15-13-19(14-16-27)26-21(28)11-9-17-5-2-1-3-6-17/h1-8,19H,9-16H2,(H,26,28). The van der Waals surface area contributed by atoms with E-state index in [-0.39, 0.29) is 17.9 Å². The van der Waals surface area contributed by atoms with Gasteiger partial charge in [-0.2, -0.15) is 0 Å². The lowest BCUT2D eigenvalue weighted by atomic mass is 10.0. The number of piperidine rings is 1. The summed E-state index contributed by atoms with van der Waals surface area (Å²) in [6.07, 6.45) is 3.81. The van der Waals surface area contributed by atoms with Crippen LogP contribution in [0.4, 0.5) is 0 Å². The molecule has 1 aliphatic heterocycles. The highest BCUT2D eigenvalue weighted by Crippen LogP contribution is 2.26. The molecule has 0 saturated carbocycles. The van der Waals surface area contributed by atoms with Gasteiger partial charge in [0.25, 0.3) is 0 Å². The molecule has 154 valence electrons. The summed E-state index contributed by atoms with van der Waals surface area (Å²) in [5.74, 6) is 0.198. The van der Waals surface area contributed by atoms with Crippen LogP contribution in [0, 0.1) is 0 Å². The summed E-state index contributed by atoms with van der Waals surface area (Å²) < 4.78 is 0. The second kappa shape index (κ2) is 10.7. The number of benzene rings is 2. The maximum atomic E-state index is 12.5. The molecular weight excluding hydrogens is 407 g/mol. The third-order valence-corrected chi connectivity index (χ3v) is 6.19. The Morgan fingerprint density at radius 3 is 2.38 bits per heavy atom. The summed E-state index contributed by atoms with van der Waals surface area (Å²) in [6, 6.07) is 15.7. The molecule has 0 radical (unpaired) electrons. The molecule has 2 aromatic rings. The topological polar surface area (TPSA) is 49.4 Å². The normalized spacial score (nSPS) is 14.6. The van der Waals surface area contributed by atoms with Crippen LogP contribution < -0.4 is 5.32 Å². The van der Waals surface area contributed by atoms with Gasteiger partial charge in [-0.05, 0) is 42.9 Å². The lowest BCUT2D eigenvalue weighted by Crippen LogP contribution is -2.46. The van der Waals surface area contributed by atoms with E-state index in [0.29, 0.717) is 42.4 Å². The minimum atomic E-state index is 0.0780. The number of rotatable bonds is 7. The summed E-state index contributed by atoms with van der Waals surface area (Å²) in [6.45, 7) is 1.34. The maximum absolute atomic E-state index is 12.5. The zero-order chi connectivity index (χ0) is 20.6. The van der Waals surface area contributed by atoms with Crippen molar-refractivity contribution in [1.82, 2.24) is 10.2 Å². The number of carbonyl (C=O) groups is 2. The van der Waals surface area contributed by atoms with Gasteiger partial charge >= 0.3 is 0 Å². The molecule has 0 aromatic heterocycles. The zero-order valence-electron chi connectivity index (χ0n) is 16.4. The summed E-state index contributed by atoms with van der Waals surface area (Å²) in [5.41, 5.74) is 2.07. The molecule has 1 fully saturated rings. The minimum absolute atomic E-state index is 0.0780. The van der Waals surface area contributed by atoms with Gasteiger partial charge < -0.3 is 10.2 Å². The Bertz CT molecular complexity index is 834. The van der Waals surface area contributed by atoms with E-state index in [0.717, 1.165) is 24.8 Å². The van der Waals surface area contributed by atoms with Gasteiger partial charge in [0, 0.05) is 32.0 Å². The van der Waals surface area contributed by atoms with E-state index in [2.05, 4.69) is 5.32 Å². The quantitative estimate of drug-likeness (QED) is 0.690. The lowest BCUT2D eigenvalue weighted by Gasteiger charge is -2.32. The van der Waals surface area contributed by atoms with Crippen LogP contribution in [-0.2, 0) is 22.4 Å². The van der Waals surface area contributed by atoms with Crippen LogP contribution in [-0.4, -0.2) is 35.8 Å². The molecule has 1 aliphatic rings. The molecule has 29 heavy (non-hydrogen) atoms. The lowest BCUT2D eigenvalue weighted by molar-refractivity contribution is -0.132. The van der Waals surface area contributed by atoms with E-state index in [1.807, 2.05) is 47.4 Å². The van der Waals surface area contributed by atoms with Crippen LogP contribution in [0.3, 0.4) is 0 Å². The molecule has 1 saturated heterocycles. The molecule has 2 amide bonds. The average molecular weight is 433 g/mol. The molecule has 0 unspecified atom stereocenters. The smallest absolute Gasteiger partial charge is 0.222 e. The first-order chi connectivity index (χ1) is 14.0. The minimum Gasteiger partial charge on any atom is -0.353 e. The van der Waals surface area contributed by atoms with Gasteiger partial charge in [0.1, 0.15) is 0 Å². The van der Waals surface area contributed by atoms with Crippen molar-refractivity contribution < 1.29 is 9.59 Å². The Balaban J connectivity index is 1.37. The molecule has 2 aromatic carbocycles. The first-order valence-electron chi connectivity index (χ1n) is 10.1. The number of nitrogens with zero attached hydrogens (tertiary/aromatic N) is 1. The third-order valence-electron chi connectivity index (χ3n) is 5.34. The highest BCUT2D eigenvalue weighted by Gasteiger charge is 2.23. The average Bonchev–Trinajstić information content (AvgIpc) is 2.74. The Hall–Kier alpha value is -2.04. The number of likely N-dealkylation sites (tertiary alicyclic amines) is 1. The van der Waals surface area contributed by atoms with Crippen LogP contribution in [0.5, 0.6) is 0 Å². The maximum Gasteiger partial charge on any atom is 0.222 e. The monoisotopic (exact) mass is 432 g/mol. The van der Waals surface area contributed by atoms with E-state index < -0.39 is 0 Å². The van der Waals surface area contributed by atoms with E-state index in [1.54, 1.807) is 6.07 Å². The van der Waals surface area contributed by atoms with Gasteiger partial charge in [-0.3, -0.25) is 9.59 Å². The van der Waals surface area contributed by atoms with Gasteiger partial charge in [-0.25, -0.2) is 0 Å². The number of carbonyl (C=O) groups excluding carboxylic acids is 2. The van der Waals surface area contributed by atoms with Gasteiger partial charge in [0.2, 0.25) is 11.8 Å². The van der Waals surface area contributed by atoms with Gasteiger partial charge in [0.15, 0.2) is 0 Å². The molecule has 3 rings (SSSR count). The molecule has 0 spiro atoms. The van der Waals surface area contributed by atoms with Crippen molar-refractivity contribution in [3.8, 4) is 0 Å². The third kappa shape index (κ3) is 6.48. The Morgan fingerprint density at radius 2 is 1.66 bits per heavy atom. The van der Waals surface area contributed by atoms with E-state index in [9.17, 15) is 9.59 Å². The first-order valence-corrected chi connectivity index (χ1v) is 10.8. The predicted octanol–water partition coefficient (Wildman–Crippen LogP) is 4.67. The second-order valence-electron chi connectivity index (χ2n) is 7.42. The fraction of sp³-hybridized carbons (Fsp3) is 0.391. The number of hydrogen-bond donors (Lipinski definition) is 1. The summed E-state index contributed by atoms with van der Waals surface area (Å²) in [7, 11) is 0.